The summed E-state index contributed by atoms with van der Waals surface area (Å²) in [5.74, 6) is -0.247. The Hall–Kier alpha value is -3.15. The van der Waals surface area contributed by atoms with E-state index in [2.05, 4.69) is 10.3 Å². The lowest BCUT2D eigenvalue weighted by Gasteiger charge is -2.08. The molecule has 22 heavy (non-hydrogen) atoms. The third-order valence-electron chi connectivity index (χ3n) is 3.17. The van der Waals surface area contributed by atoms with Gasteiger partial charge in [-0.05, 0) is 30.3 Å². The molecule has 0 aliphatic heterocycles. The van der Waals surface area contributed by atoms with E-state index >= 15 is 0 Å². The minimum atomic E-state index is -0.247. The van der Waals surface area contributed by atoms with Crippen molar-refractivity contribution in [2.45, 2.75) is 6.54 Å². The molecule has 0 atom stereocenters. The molecule has 0 aliphatic carbocycles. The van der Waals surface area contributed by atoms with Gasteiger partial charge in [0.25, 0.3) is 5.56 Å². The van der Waals surface area contributed by atoms with E-state index in [9.17, 15) is 9.59 Å². The van der Waals surface area contributed by atoms with Gasteiger partial charge < -0.3 is 14.5 Å². The zero-order valence-corrected chi connectivity index (χ0v) is 11.7. The highest BCUT2D eigenvalue weighted by Gasteiger charge is 2.05. The van der Waals surface area contributed by atoms with Crippen LogP contribution in [0.4, 0.5) is 5.69 Å². The molecule has 3 rings (SSSR count). The lowest BCUT2D eigenvalue weighted by molar-refractivity contribution is -0.116. The van der Waals surface area contributed by atoms with Crippen molar-refractivity contribution < 1.29 is 4.79 Å². The van der Waals surface area contributed by atoms with Gasteiger partial charge in [-0.2, -0.15) is 0 Å². The van der Waals surface area contributed by atoms with Gasteiger partial charge in [0, 0.05) is 36.0 Å². The van der Waals surface area contributed by atoms with E-state index in [1.165, 1.54) is 10.6 Å². The first-order valence-electron chi connectivity index (χ1n) is 6.76. The van der Waals surface area contributed by atoms with Crippen LogP contribution in [0.15, 0.2) is 72.2 Å². The zero-order chi connectivity index (χ0) is 15.4. The van der Waals surface area contributed by atoms with E-state index < -0.39 is 0 Å². The van der Waals surface area contributed by atoms with Crippen LogP contribution in [-0.4, -0.2) is 20.0 Å². The monoisotopic (exact) mass is 294 g/mol. The fourth-order valence-corrected chi connectivity index (χ4v) is 2.08. The minimum absolute atomic E-state index is 0.0110. The molecule has 2 heterocycles. The molecule has 3 aromatic rings. The first-order chi connectivity index (χ1) is 10.7. The third kappa shape index (κ3) is 3.12. The van der Waals surface area contributed by atoms with Gasteiger partial charge in [0.05, 0.1) is 6.33 Å². The lowest BCUT2D eigenvalue weighted by atomic mass is 10.2. The summed E-state index contributed by atoms with van der Waals surface area (Å²) in [6.45, 7) is -0.0110. The highest BCUT2D eigenvalue weighted by molar-refractivity contribution is 5.90. The van der Waals surface area contributed by atoms with Crippen LogP contribution in [-0.2, 0) is 11.3 Å². The molecule has 1 N–H and O–H groups in total. The molecule has 2 aromatic heterocycles. The number of aromatic nitrogens is 3. The number of amides is 1. The number of hydrogen-bond acceptors (Lipinski definition) is 3. The number of nitrogens with one attached hydrogen (secondary N) is 1. The topological polar surface area (TPSA) is 68.9 Å². The van der Waals surface area contributed by atoms with Gasteiger partial charge in [0.1, 0.15) is 6.54 Å². The number of pyridine rings is 1. The fraction of sp³-hybridized carbons (Fsp3) is 0.0625. The summed E-state index contributed by atoms with van der Waals surface area (Å²) in [4.78, 5) is 27.5. The second-order valence-electron chi connectivity index (χ2n) is 4.73. The molecule has 0 radical (unpaired) electrons. The molecule has 0 spiro atoms. The Morgan fingerprint density at radius 3 is 2.59 bits per heavy atom. The van der Waals surface area contributed by atoms with Crippen molar-refractivity contribution in [1.29, 1.82) is 0 Å². The summed E-state index contributed by atoms with van der Waals surface area (Å²) in [7, 11) is 0. The van der Waals surface area contributed by atoms with E-state index in [0.717, 1.165) is 5.69 Å². The average Bonchev–Trinajstić information content (AvgIpc) is 3.05. The van der Waals surface area contributed by atoms with Crippen LogP contribution in [0.2, 0.25) is 0 Å². The molecule has 0 aliphatic rings. The van der Waals surface area contributed by atoms with Gasteiger partial charge in [-0.1, -0.05) is 6.07 Å². The number of carbonyl (C=O) groups is 1. The largest absolute Gasteiger partial charge is 0.325 e. The highest BCUT2D eigenvalue weighted by atomic mass is 16.2. The smallest absolute Gasteiger partial charge is 0.250 e. The SMILES string of the molecule is O=C(Cn1ccccc1=O)Nc1ccc(-n2ccnc2)cc1. The van der Waals surface area contributed by atoms with Gasteiger partial charge in [0.15, 0.2) is 0 Å². The number of imidazole rings is 1. The Labute approximate surface area is 126 Å². The summed E-state index contributed by atoms with van der Waals surface area (Å²) in [5.41, 5.74) is 1.43. The van der Waals surface area contributed by atoms with E-state index in [1.807, 2.05) is 22.9 Å². The minimum Gasteiger partial charge on any atom is -0.325 e. The summed E-state index contributed by atoms with van der Waals surface area (Å²) in [6, 6.07) is 12.2. The number of nitrogens with zero attached hydrogens (tertiary/aromatic N) is 3. The Kier molecular flexibility index (Phi) is 3.82. The maximum Gasteiger partial charge on any atom is 0.250 e. The number of hydrogen-bond donors (Lipinski definition) is 1. The molecule has 0 bridgehead atoms. The molecule has 0 fully saturated rings. The van der Waals surface area contributed by atoms with E-state index in [1.54, 1.807) is 43.0 Å². The second-order valence-corrected chi connectivity index (χ2v) is 4.73. The molecular formula is C16H14N4O2. The van der Waals surface area contributed by atoms with Gasteiger partial charge >= 0.3 is 0 Å². The molecule has 1 aromatic carbocycles. The average molecular weight is 294 g/mol. The van der Waals surface area contributed by atoms with Crippen molar-refractivity contribution >= 4 is 11.6 Å². The van der Waals surface area contributed by atoms with Crippen LogP contribution in [0.25, 0.3) is 5.69 Å². The van der Waals surface area contributed by atoms with Crippen molar-refractivity contribution in [3.63, 3.8) is 0 Å². The van der Waals surface area contributed by atoms with Gasteiger partial charge in [-0.3, -0.25) is 9.59 Å². The molecule has 6 heteroatoms. The van der Waals surface area contributed by atoms with Crippen molar-refractivity contribution in [2.24, 2.45) is 0 Å². The molecule has 0 saturated carbocycles. The van der Waals surface area contributed by atoms with Crippen LogP contribution in [0, 0.1) is 0 Å². The van der Waals surface area contributed by atoms with Crippen molar-refractivity contribution in [3.05, 3.63) is 77.7 Å². The number of carbonyl (C=O) groups excluding carboxylic acids is 1. The molecular weight excluding hydrogens is 280 g/mol. The molecule has 6 nitrogen and oxygen atoms in total. The van der Waals surface area contributed by atoms with Crippen molar-refractivity contribution in [3.8, 4) is 5.69 Å². The van der Waals surface area contributed by atoms with Crippen LogP contribution in [0.1, 0.15) is 0 Å². The Morgan fingerprint density at radius 1 is 1.09 bits per heavy atom. The van der Waals surface area contributed by atoms with Gasteiger partial charge in [-0.15, -0.1) is 0 Å². The summed E-state index contributed by atoms with van der Waals surface area (Å²) in [5, 5.41) is 2.77. The second kappa shape index (κ2) is 6.09. The predicted octanol–water partition coefficient (Wildman–Crippen LogP) is 1.67. The Balaban J connectivity index is 1.67. The quantitative estimate of drug-likeness (QED) is 0.796. The molecule has 1 amide bonds. The predicted molar refractivity (Wildman–Crippen MR) is 82.9 cm³/mol. The molecule has 110 valence electrons. The molecule has 0 unspecified atom stereocenters. The van der Waals surface area contributed by atoms with E-state index in [4.69, 9.17) is 0 Å². The van der Waals surface area contributed by atoms with Gasteiger partial charge in [0.2, 0.25) is 5.91 Å². The zero-order valence-electron chi connectivity index (χ0n) is 11.7. The normalized spacial score (nSPS) is 10.4. The van der Waals surface area contributed by atoms with E-state index in [0.29, 0.717) is 5.69 Å². The fourth-order valence-electron chi connectivity index (χ4n) is 2.08. The first-order valence-corrected chi connectivity index (χ1v) is 6.76. The third-order valence-corrected chi connectivity index (χ3v) is 3.17. The maximum atomic E-state index is 12.0. The van der Waals surface area contributed by atoms with Gasteiger partial charge in [-0.25, -0.2) is 4.98 Å². The van der Waals surface area contributed by atoms with Crippen LogP contribution >= 0.6 is 0 Å². The standard InChI is InChI=1S/C16H14N4O2/c21-15(11-19-9-2-1-3-16(19)22)18-13-4-6-14(7-5-13)20-10-8-17-12-20/h1-10,12H,11H2,(H,18,21). The van der Waals surface area contributed by atoms with Crippen molar-refractivity contribution in [1.82, 2.24) is 14.1 Å². The number of benzene rings is 1. The lowest BCUT2D eigenvalue weighted by Crippen LogP contribution is -2.26. The van der Waals surface area contributed by atoms with E-state index in [-0.39, 0.29) is 18.0 Å². The van der Waals surface area contributed by atoms with Crippen LogP contribution in [0.5, 0.6) is 0 Å². The maximum absolute atomic E-state index is 12.0. The first kappa shape index (κ1) is 13.8. The summed E-state index contributed by atoms with van der Waals surface area (Å²) >= 11 is 0. The van der Waals surface area contributed by atoms with Crippen molar-refractivity contribution in [2.75, 3.05) is 5.32 Å². The summed E-state index contributed by atoms with van der Waals surface area (Å²) in [6.07, 6.45) is 6.84. The summed E-state index contributed by atoms with van der Waals surface area (Å²) < 4.78 is 3.23. The van der Waals surface area contributed by atoms with Crippen LogP contribution in [0.3, 0.4) is 0 Å². The Morgan fingerprint density at radius 2 is 1.91 bits per heavy atom. The van der Waals surface area contributed by atoms with Crippen LogP contribution < -0.4 is 10.9 Å². The molecule has 0 saturated heterocycles. The number of rotatable bonds is 4. The Bertz CT molecular complexity index is 820. The highest BCUT2D eigenvalue weighted by Crippen LogP contribution is 2.12. The number of anilines is 1.